The van der Waals surface area contributed by atoms with Crippen LogP contribution in [0.4, 0.5) is 10.5 Å². The Kier molecular flexibility index (Phi) is 5.72. The molecule has 0 saturated carbocycles. The molecule has 0 aromatic heterocycles. The first-order chi connectivity index (χ1) is 15.1. The summed E-state index contributed by atoms with van der Waals surface area (Å²) in [4.78, 5) is 27.9. The molecule has 5 heteroatoms. The third-order valence-electron chi connectivity index (χ3n) is 5.08. The molecule has 0 saturated heterocycles. The number of hydrogen-bond acceptors (Lipinski definition) is 3. The van der Waals surface area contributed by atoms with E-state index < -0.39 is 11.6 Å². The lowest BCUT2D eigenvalue weighted by molar-refractivity contribution is -0.122. The highest BCUT2D eigenvalue weighted by Gasteiger charge is 2.51. The van der Waals surface area contributed by atoms with Crippen molar-refractivity contribution in [2.75, 3.05) is 11.5 Å². The zero-order valence-electron chi connectivity index (χ0n) is 17.2. The second kappa shape index (κ2) is 8.76. The second-order valence-corrected chi connectivity index (χ2v) is 7.11. The van der Waals surface area contributed by atoms with Gasteiger partial charge in [0.25, 0.3) is 5.91 Å². The monoisotopic (exact) mass is 410 g/mol. The van der Waals surface area contributed by atoms with E-state index >= 15 is 0 Å². The van der Waals surface area contributed by atoms with E-state index in [1.54, 1.807) is 11.8 Å². The first-order valence-corrected chi connectivity index (χ1v) is 10.1. The average Bonchev–Trinajstić information content (AvgIpc) is 3.02. The van der Waals surface area contributed by atoms with Crippen LogP contribution in [0.2, 0.25) is 0 Å². The van der Waals surface area contributed by atoms with Crippen LogP contribution < -0.4 is 10.2 Å². The number of ether oxygens (including phenoxy) is 1. The van der Waals surface area contributed by atoms with Gasteiger partial charge in [-0.1, -0.05) is 78.6 Å². The van der Waals surface area contributed by atoms with Crippen molar-refractivity contribution in [3.63, 3.8) is 0 Å². The number of benzene rings is 3. The van der Waals surface area contributed by atoms with Crippen molar-refractivity contribution in [1.29, 1.82) is 0 Å². The lowest BCUT2D eigenvalue weighted by atomic mass is 9.91. The molecule has 2 amide bonds. The fourth-order valence-corrected chi connectivity index (χ4v) is 3.66. The summed E-state index contributed by atoms with van der Waals surface area (Å²) in [5.74, 6) is 5.82. The Hall–Kier alpha value is -4.04. The minimum Gasteiger partial charge on any atom is -0.450 e. The van der Waals surface area contributed by atoms with Gasteiger partial charge in [-0.25, -0.2) is 4.79 Å². The molecule has 0 unspecified atom stereocenters. The van der Waals surface area contributed by atoms with Gasteiger partial charge < -0.3 is 9.64 Å². The highest BCUT2D eigenvalue weighted by molar-refractivity contribution is 6.11. The second-order valence-electron chi connectivity index (χ2n) is 7.11. The lowest BCUT2D eigenvalue weighted by Gasteiger charge is -2.24. The fraction of sp³-hybridized carbons (Fsp3) is 0.154. The Morgan fingerprint density at radius 2 is 1.61 bits per heavy atom. The van der Waals surface area contributed by atoms with Crippen LogP contribution in [-0.2, 0) is 21.6 Å². The van der Waals surface area contributed by atoms with Crippen LogP contribution in [0.1, 0.15) is 23.6 Å². The van der Waals surface area contributed by atoms with Gasteiger partial charge in [-0.2, -0.15) is 0 Å². The molecule has 5 nitrogen and oxygen atoms in total. The summed E-state index contributed by atoms with van der Waals surface area (Å²) in [6.45, 7) is 2.28. The predicted octanol–water partition coefficient (Wildman–Crippen LogP) is 4.23. The Morgan fingerprint density at radius 1 is 0.968 bits per heavy atom. The zero-order valence-corrected chi connectivity index (χ0v) is 17.2. The number of rotatable bonds is 4. The molecule has 1 N–H and O–H groups in total. The molecule has 3 aromatic carbocycles. The molecule has 0 spiro atoms. The summed E-state index contributed by atoms with van der Waals surface area (Å²) < 4.78 is 5.11. The molecular formula is C26H22N2O3. The van der Waals surface area contributed by atoms with Crippen molar-refractivity contribution < 1.29 is 14.3 Å². The van der Waals surface area contributed by atoms with E-state index in [4.69, 9.17) is 4.74 Å². The molecule has 4 rings (SSSR count). The summed E-state index contributed by atoms with van der Waals surface area (Å²) in [6.07, 6.45) is -0.686. The summed E-state index contributed by atoms with van der Waals surface area (Å²) >= 11 is 0. The van der Waals surface area contributed by atoms with E-state index in [9.17, 15) is 9.59 Å². The smallest absolute Gasteiger partial charge is 0.408 e. The van der Waals surface area contributed by atoms with Gasteiger partial charge in [-0.3, -0.25) is 10.1 Å². The minimum absolute atomic E-state index is 0.192. The van der Waals surface area contributed by atoms with Crippen LogP contribution in [0, 0.1) is 11.8 Å². The van der Waals surface area contributed by atoms with Crippen LogP contribution >= 0.6 is 0 Å². The van der Waals surface area contributed by atoms with Gasteiger partial charge in [0, 0.05) is 11.1 Å². The number of carbonyl (C=O) groups excluding carboxylic acids is 2. The normalized spacial score (nSPS) is 16.8. The van der Waals surface area contributed by atoms with Gasteiger partial charge in [0.2, 0.25) is 5.54 Å². The zero-order chi connectivity index (χ0) is 21.7. The van der Waals surface area contributed by atoms with E-state index in [2.05, 4.69) is 17.2 Å². The molecule has 1 aliphatic heterocycles. The van der Waals surface area contributed by atoms with Gasteiger partial charge in [0.05, 0.1) is 18.8 Å². The van der Waals surface area contributed by atoms with Crippen molar-refractivity contribution in [3.8, 4) is 11.8 Å². The maximum atomic E-state index is 13.8. The fourth-order valence-electron chi connectivity index (χ4n) is 3.66. The summed E-state index contributed by atoms with van der Waals surface area (Å²) in [5.41, 5.74) is 1.55. The van der Waals surface area contributed by atoms with Crippen LogP contribution in [0.15, 0.2) is 84.9 Å². The molecule has 31 heavy (non-hydrogen) atoms. The summed E-state index contributed by atoms with van der Waals surface area (Å²) in [6, 6.07) is 26.5. The molecule has 1 aliphatic rings. The summed E-state index contributed by atoms with van der Waals surface area (Å²) in [5, 5.41) is 2.76. The van der Waals surface area contributed by atoms with Crippen LogP contribution in [-0.4, -0.2) is 18.6 Å². The molecule has 3 aromatic rings. The first-order valence-electron chi connectivity index (χ1n) is 10.1. The number of hydrogen-bond donors (Lipinski definition) is 1. The predicted molar refractivity (Wildman–Crippen MR) is 119 cm³/mol. The van der Waals surface area contributed by atoms with Crippen LogP contribution in [0.3, 0.4) is 0 Å². The molecular weight excluding hydrogens is 388 g/mol. The van der Waals surface area contributed by atoms with Crippen molar-refractivity contribution in [2.45, 2.75) is 19.0 Å². The highest BCUT2D eigenvalue weighted by Crippen LogP contribution is 2.41. The standard InChI is InChI=1S/C26H22N2O3/c1-2-31-25(30)27-26(18-17-20-11-5-3-6-12-20)22-15-9-10-16-23(22)28(24(26)29)19-21-13-7-4-8-14-21/h3-16H,2,19H2,1H3,(H,27,30)/t26-/m0/s1. The SMILES string of the molecule is CCOC(=O)N[C@]1(C#Cc2ccccc2)C(=O)N(Cc2ccccc2)c2ccccc21. The van der Waals surface area contributed by atoms with E-state index in [-0.39, 0.29) is 12.5 Å². The molecule has 1 heterocycles. The van der Waals surface area contributed by atoms with Crippen molar-refractivity contribution in [3.05, 3.63) is 102 Å². The largest absolute Gasteiger partial charge is 0.450 e. The van der Waals surface area contributed by atoms with Crippen LogP contribution in [0.5, 0.6) is 0 Å². The van der Waals surface area contributed by atoms with Gasteiger partial charge >= 0.3 is 6.09 Å². The number of fused-ring (bicyclic) bond motifs is 1. The maximum Gasteiger partial charge on any atom is 0.408 e. The molecule has 0 fully saturated rings. The Labute approximate surface area is 181 Å². The molecule has 0 bridgehead atoms. The number of nitrogens with zero attached hydrogens (tertiary/aromatic N) is 1. The van der Waals surface area contributed by atoms with Gasteiger partial charge in [-0.05, 0) is 30.7 Å². The molecule has 154 valence electrons. The Bertz CT molecular complexity index is 1150. The first kappa shape index (κ1) is 20.2. The van der Waals surface area contributed by atoms with Crippen molar-refractivity contribution in [1.82, 2.24) is 5.32 Å². The quantitative estimate of drug-likeness (QED) is 0.655. The third kappa shape index (κ3) is 4.01. The van der Waals surface area contributed by atoms with Gasteiger partial charge in [0.15, 0.2) is 0 Å². The van der Waals surface area contributed by atoms with E-state index in [0.717, 1.165) is 16.8 Å². The highest BCUT2D eigenvalue weighted by atomic mass is 16.5. The number of alkyl carbamates (subject to hydrolysis) is 1. The number of carbonyl (C=O) groups is 2. The Morgan fingerprint density at radius 3 is 2.32 bits per heavy atom. The number of nitrogens with one attached hydrogen (secondary N) is 1. The maximum absolute atomic E-state index is 13.8. The molecule has 1 atom stereocenters. The lowest BCUT2D eigenvalue weighted by Crippen LogP contribution is -2.52. The van der Waals surface area contributed by atoms with E-state index in [0.29, 0.717) is 12.1 Å². The van der Waals surface area contributed by atoms with Gasteiger partial charge in [-0.15, -0.1) is 0 Å². The number of para-hydroxylation sites is 1. The average molecular weight is 410 g/mol. The third-order valence-corrected chi connectivity index (χ3v) is 5.08. The molecule has 0 radical (unpaired) electrons. The topological polar surface area (TPSA) is 58.6 Å². The van der Waals surface area contributed by atoms with E-state index in [1.165, 1.54) is 0 Å². The summed E-state index contributed by atoms with van der Waals surface area (Å²) in [7, 11) is 0. The number of anilines is 1. The van der Waals surface area contributed by atoms with Crippen molar-refractivity contribution >= 4 is 17.7 Å². The van der Waals surface area contributed by atoms with Crippen molar-refractivity contribution in [2.24, 2.45) is 0 Å². The van der Waals surface area contributed by atoms with Gasteiger partial charge in [0.1, 0.15) is 0 Å². The molecule has 0 aliphatic carbocycles. The van der Waals surface area contributed by atoms with Crippen LogP contribution in [0.25, 0.3) is 0 Å². The number of amides is 2. The van der Waals surface area contributed by atoms with E-state index in [1.807, 2.05) is 84.9 Å². The Balaban J connectivity index is 1.82. The minimum atomic E-state index is -1.53.